The van der Waals surface area contributed by atoms with Gasteiger partial charge in [-0.1, -0.05) is 6.07 Å². The summed E-state index contributed by atoms with van der Waals surface area (Å²) in [7, 11) is -3.44. The lowest BCUT2D eigenvalue weighted by molar-refractivity contribution is -0.115. The number of nitrogens with one attached hydrogen (secondary N) is 2. The van der Waals surface area contributed by atoms with E-state index in [9.17, 15) is 13.2 Å². The van der Waals surface area contributed by atoms with Crippen LogP contribution >= 0.6 is 0 Å². The number of anilines is 2. The molecular weight excluding hydrogens is 521 g/mol. The molecule has 9 nitrogen and oxygen atoms in total. The molecule has 5 rings (SSSR count). The number of carbonyl (C=O) groups is 1. The van der Waals surface area contributed by atoms with Gasteiger partial charge in [0.1, 0.15) is 5.75 Å². The molecule has 1 saturated carbocycles. The molecule has 4 aromatic rings. The highest BCUT2D eigenvalue weighted by molar-refractivity contribution is 7.93. The number of aryl methyl sites for hydroxylation is 1. The van der Waals surface area contributed by atoms with E-state index in [0.717, 1.165) is 0 Å². The number of rotatable bonds is 8. The van der Waals surface area contributed by atoms with Crippen molar-refractivity contribution in [1.29, 1.82) is 0 Å². The number of ether oxygens (including phenoxy) is 1. The molecule has 0 bridgehead atoms. The number of halogens is 1. The zero-order valence-corrected chi connectivity index (χ0v) is 23.0. The molecule has 1 aliphatic rings. The minimum absolute atomic E-state index is 0.0158. The Labute approximate surface area is 226 Å². The summed E-state index contributed by atoms with van der Waals surface area (Å²) in [6.07, 6.45) is 6.14. The second kappa shape index (κ2) is 9.96. The molecule has 0 spiro atoms. The smallest absolute Gasteiger partial charge is 0.235 e. The van der Waals surface area contributed by atoms with Crippen LogP contribution in [-0.2, 0) is 26.8 Å². The molecule has 1 aliphatic carbocycles. The number of amides is 1. The van der Waals surface area contributed by atoms with Gasteiger partial charge in [-0.2, -0.15) is 5.10 Å². The number of carbonyl (C=O) groups excluding carboxylic acids is 1. The van der Waals surface area contributed by atoms with E-state index in [-0.39, 0.29) is 28.9 Å². The minimum Gasteiger partial charge on any atom is -0.453 e. The largest absolute Gasteiger partial charge is 0.453 e. The monoisotopic (exact) mass is 551 g/mol. The third-order valence-electron chi connectivity index (χ3n) is 6.34. The Balaban J connectivity index is 1.33. The summed E-state index contributed by atoms with van der Waals surface area (Å²) in [5.41, 5.74) is 2.31. The molecule has 1 fully saturated rings. The molecule has 2 aromatic heterocycles. The first-order chi connectivity index (χ1) is 18.4. The number of fused-ring (bicyclic) bond motifs is 1. The van der Waals surface area contributed by atoms with Gasteiger partial charge >= 0.3 is 0 Å². The maximum Gasteiger partial charge on any atom is 0.235 e. The average Bonchev–Trinajstić information content (AvgIpc) is 3.61. The summed E-state index contributed by atoms with van der Waals surface area (Å²) in [5, 5.41) is 7.24. The molecule has 0 unspecified atom stereocenters. The predicted octanol–water partition coefficient (Wildman–Crippen LogP) is 5.51. The van der Waals surface area contributed by atoms with Crippen molar-refractivity contribution >= 4 is 38.2 Å². The Hall–Kier alpha value is -3.99. The van der Waals surface area contributed by atoms with Gasteiger partial charge in [-0.15, -0.1) is 0 Å². The molecule has 11 heteroatoms. The normalized spacial score (nSPS) is 13.9. The van der Waals surface area contributed by atoms with Crippen molar-refractivity contribution in [3.63, 3.8) is 0 Å². The Kier molecular flexibility index (Phi) is 6.79. The van der Waals surface area contributed by atoms with Crippen LogP contribution in [-0.4, -0.2) is 34.3 Å². The van der Waals surface area contributed by atoms with Crippen molar-refractivity contribution in [2.75, 3.05) is 10.0 Å². The molecule has 2 aromatic carbocycles. The van der Waals surface area contributed by atoms with E-state index < -0.39 is 15.8 Å². The lowest BCUT2D eigenvalue weighted by atomic mass is 10.1. The second-order valence-electron chi connectivity index (χ2n) is 10.8. The van der Waals surface area contributed by atoms with Gasteiger partial charge in [0.15, 0.2) is 11.6 Å². The molecule has 2 N–H and O–H groups in total. The van der Waals surface area contributed by atoms with Gasteiger partial charge in [-0.05, 0) is 82.0 Å². The molecular formula is C28H30FN5O4S. The van der Waals surface area contributed by atoms with Crippen LogP contribution in [0.2, 0.25) is 0 Å². The number of nitrogens with zero attached hydrogens (tertiary/aromatic N) is 3. The van der Waals surface area contributed by atoms with Crippen LogP contribution in [0.5, 0.6) is 11.5 Å². The Morgan fingerprint density at radius 2 is 1.92 bits per heavy atom. The zero-order chi connectivity index (χ0) is 27.9. The highest BCUT2D eigenvalue weighted by atomic mass is 32.2. The standard InChI is InChI=1S/C28H30FN5O4S/c1-17-11-18(13-26(35)32-20-15-31-34(16-20)28(2,3)4)12-23(29)27(17)38-25-9-10-30-24-8-5-19(14-22(24)25)33-39(36,37)21-6-7-21/h5,8-12,14-16,21,33H,6-7,13H2,1-4H3,(H,32,35). The van der Waals surface area contributed by atoms with Gasteiger partial charge in [0.2, 0.25) is 15.9 Å². The highest BCUT2D eigenvalue weighted by Gasteiger charge is 2.35. The van der Waals surface area contributed by atoms with Crippen molar-refractivity contribution in [2.45, 2.75) is 57.7 Å². The van der Waals surface area contributed by atoms with Gasteiger partial charge in [-0.3, -0.25) is 19.2 Å². The Morgan fingerprint density at radius 1 is 1.15 bits per heavy atom. The van der Waals surface area contributed by atoms with Crippen molar-refractivity contribution in [3.05, 3.63) is 71.9 Å². The third-order valence-corrected chi connectivity index (χ3v) is 8.21. The number of pyridine rings is 1. The van der Waals surface area contributed by atoms with Gasteiger partial charge in [-0.25, -0.2) is 12.8 Å². The van der Waals surface area contributed by atoms with Crippen LogP contribution in [0, 0.1) is 12.7 Å². The molecule has 39 heavy (non-hydrogen) atoms. The summed E-state index contributed by atoms with van der Waals surface area (Å²) < 4.78 is 50.3. The van der Waals surface area contributed by atoms with E-state index in [1.807, 2.05) is 20.8 Å². The Bertz CT molecular complexity index is 1650. The number of sulfonamides is 1. The maximum absolute atomic E-state index is 15.2. The second-order valence-corrected chi connectivity index (χ2v) is 12.7. The SMILES string of the molecule is Cc1cc(CC(=O)Nc2cnn(C(C)(C)C)c2)cc(F)c1Oc1ccnc2ccc(NS(=O)(=O)C3CC3)cc12. The van der Waals surface area contributed by atoms with Crippen molar-refractivity contribution in [3.8, 4) is 11.5 Å². The lowest BCUT2D eigenvalue weighted by Crippen LogP contribution is -2.22. The molecule has 1 amide bonds. The summed E-state index contributed by atoms with van der Waals surface area (Å²) in [5.74, 6) is -0.566. The summed E-state index contributed by atoms with van der Waals surface area (Å²) >= 11 is 0. The van der Waals surface area contributed by atoms with Crippen LogP contribution in [0.15, 0.2) is 55.0 Å². The van der Waals surface area contributed by atoms with Gasteiger partial charge in [0.25, 0.3) is 0 Å². The van der Waals surface area contributed by atoms with E-state index in [4.69, 9.17) is 4.74 Å². The van der Waals surface area contributed by atoms with Crippen LogP contribution in [0.25, 0.3) is 10.9 Å². The van der Waals surface area contributed by atoms with Crippen molar-refractivity contribution < 1.29 is 22.3 Å². The molecule has 204 valence electrons. The van der Waals surface area contributed by atoms with Crippen LogP contribution in [0.4, 0.5) is 15.8 Å². The predicted molar refractivity (Wildman–Crippen MR) is 148 cm³/mol. The quantitative estimate of drug-likeness (QED) is 0.298. The summed E-state index contributed by atoms with van der Waals surface area (Å²) in [6.45, 7) is 7.71. The van der Waals surface area contributed by atoms with E-state index >= 15 is 4.39 Å². The highest BCUT2D eigenvalue weighted by Crippen LogP contribution is 2.35. The van der Waals surface area contributed by atoms with Crippen molar-refractivity contribution in [2.24, 2.45) is 0 Å². The number of hydrogen-bond donors (Lipinski definition) is 2. The van der Waals surface area contributed by atoms with Gasteiger partial charge < -0.3 is 10.1 Å². The maximum atomic E-state index is 15.2. The molecule has 0 aliphatic heterocycles. The fourth-order valence-corrected chi connectivity index (χ4v) is 5.57. The van der Waals surface area contributed by atoms with E-state index in [2.05, 4.69) is 20.1 Å². The first-order valence-corrected chi connectivity index (χ1v) is 14.2. The van der Waals surface area contributed by atoms with Gasteiger partial charge in [0, 0.05) is 23.5 Å². The average molecular weight is 552 g/mol. The van der Waals surface area contributed by atoms with E-state index in [0.29, 0.717) is 52.0 Å². The van der Waals surface area contributed by atoms with Crippen LogP contribution in [0.1, 0.15) is 44.7 Å². The minimum atomic E-state index is -3.44. The lowest BCUT2D eigenvalue weighted by Gasteiger charge is -2.18. The van der Waals surface area contributed by atoms with E-state index in [1.54, 1.807) is 60.5 Å². The van der Waals surface area contributed by atoms with Crippen LogP contribution in [0.3, 0.4) is 0 Å². The number of benzene rings is 2. The summed E-state index contributed by atoms with van der Waals surface area (Å²) in [4.78, 5) is 16.9. The molecule has 2 heterocycles. The first-order valence-electron chi connectivity index (χ1n) is 12.6. The van der Waals surface area contributed by atoms with Crippen LogP contribution < -0.4 is 14.8 Å². The van der Waals surface area contributed by atoms with Gasteiger partial charge in [0.05, 0.1) is 34.6 Å². The fraction of sp³-hybridized carbons (Fsp3) is 0.321. The third kappa shape index (κ3) is 6.03. The molecule has 0 saturated heterocycles. The molecule has 0 radical (unpaired) electrons. The van der Waals surface area contributed by atoms with Crippen molar-refractivity contribution in [1.82, 2.24) is 14.8 Å². The molecule has 0 atom stereocenters. The zero-order valence-electron chi connectivity index (χ0n) is 22.2. The first kappa shape index (κ1) is 26.6. The number of aromatic nitrogens is 3. The summed E-state index contributed by atoms with van der Waals surface area (Å²) in [6, 6.07) is 9.53. The topological polar surface area (TPSA) is 115 Å². The Morgan fingerprint density at radius 3 is 2.59 bits per heavy atom. The van der Waals surface area contributed by atoms with E-state index in [1.165, 1.54) is 6.07 Å². The fourth-order valence-electron chi connectivity index (χ4n) is 4.19. The number of hydrogen-bond acceptors (Lipinski definition) is 6.